The molecule has 7 aromatic rings. The van der Waals surface area contributed by atoms with Crippen molar-refractivity contribution < 1.29 is 138 Å². The van der Waals surface area contributed by atoms with Crippen LogP contribution in [0.25, 0.3) is 22.4 Å². The number of aliphatic hydroxyl groups excluding tert-OH is 8. The average Bonchev–Trinajstić information content (AvgIpc) is 0.761. The molecule has 126 heavy (non-hydrogen) atoms. The highest BCUT2D eigenvalue weighted by Crippen LogP contribution is 2.50. The predicted molar refractivity (Wildman–Crippen MR) is 439 cm³/mol. The number of carbonyl (C=O) groups excluding carboxylic acids is 7. The number of aliphatic carboxylic acids is 1. The lowest BCUT2D eigenvalue weighted by Crippen LogP contribution is -2.65. The van der Waals surface area contributed by atoms with Gasteiger partial charge in [-0.3, -0.25) is 43.5 Å². The van der Waals surface area contributed by atoms with Crippen molar-refractivity contribution in [2.24, 2.45) is 17.4 Å². The Kier molecular flexibility index (Phi) is 28.6. The highest BCUT2D eigenvalue weighted by atomic mass is 35.5. The Hall–Kier alpha value is -10.8. The normalized spacial score (nSPS) is 29.6. The number of phenolic OH excluding ortho intramolecular Hbond substituents is 3. The topological polar surface area (TPSA) is 627 Å². The van der Waals surface area contributed by atoms with Crippen molar-refractivity contribution in [2.45, 2.75) is 193 Å². The van der Waals surface area contributed by atoms with Gasteiger partial charge in [0.1, 0.15) is 120 Å². The summed E-state index contributed by atoms with van der Waals surface area (Å²) < 4.78 is 51.2. The number of fused-ring (bicyclic) bond motifs is 15. The fraction of sp³-hybridized carbons (Fsp3) is 0.422. The summed E-state index contributed by atoms with van der Waals surface area (Å²) >= 11 is 20.6. The number of primary amides is 1. The largest absolute Gasteiger partial charge is 0.508 e. The number of carbonyl (C=O) groups is 8. The van der Waals surface area contributed by atoms with Gasteiger partial charge in [-0.1, -0.05) is 79.0 Å². The molecule has 8 aliphatic heterocycles. The third-order valence-corrected chi connectivity index (χ3v) is 23.0. The van der Waals surface area contributed by atoms with E-state index in [0.717, 1.165) is 72.3 Å². The molecule has 8 aliphatic rings. The van der Waals surface area contributed by atoms with Gasteiger partial charge in [-0.25, -0.2) is 4.79 Å². The van der Waals surface area contributed by atoms with E-state index in [1.807, 2.05) is 0 Å². The molecule has 3 saturated heterocycles. The number of ether oxygens (including phenoxy) is 8. The number of nitrogens with zero attached hydrogens (tertiary/aromatic N) is 2. The quantitative estimate of drug-likeness (QED) is 0.0503. The Bertz CT molecular complexity index is 5260. The Balaban J connectivity index is 0.962. The van der Waals surface area contributed by atoms with E-state index >= 15 is 24.0 Å². The molecular formula is C83H93Cl3N12O28. The van der Waals surface area contributed by atoms with Crippen molar-refractivity contribution in [2.75, 3.05) is 20.2 Å². The van der Waals surface area contributed by atoms with Gasteiger partial charge in [0, 0.05) is 58.4 Å². The molecular weight excluding hydrogens is 1720 g/mol. The number of aromatic nitrogens is 2. The van der Waals surface area contributed by atoms with Gasteiger partial charge < -0.3 is 153 Å². The lowest BCUT2D eigenvalue weighted by Gasteiger charge is -2.46. The highest BCUT2D eigenvalue weighted by molar-refractivity contribution is 6.32. The number of amides is 7. The number of aliphatic hydroxyl groups is 8. The third-order valence-electron chi connectivity index (χ3n) is 22.2. The molecule has 0 saturated carbocycles. The maximum Gasteiger partial charge on any atom is 0.330 e. The van der Waals surface area contributed by atoms with E-state index in [1.54, 1.807) is 38.1 Å². The zero-order valence-corrected chi connectivity index (χ0v) is 69.8. The van der Waals surface area contributed by atoms with Crippen LogP contribution in [0.4, 0.5) is 0 Å². The number of rotatable bonds is 20. The first-order valence-corrected chi connectivity index (χ1v) is 40.8. The molecule has 1 aromatic heterocycles. The van der Waals surface area contributed by atoms with E-state index in [1.165, 1.54) is 45.4 Å². The molecule has 674 valence electrons. The monoisotopic (exact) mass is 1810 g/mol. The van der Waals surface area contributed by atoms with E-state index < -0.39 is 284 Å². The summed E-state index contributed by atoms with van der Waals surface area (Å²) in [7, 11) is 1.46. The molecule has 43 heteroatoms. The fourth-order valence-corrected chi connectivity index (χ4v) is 16.1. The molecule has 1 unspecified atom stereocenters. The molecule has 11 bridgehead atoms. The molecule has 0 aliphatic carbocycles. The molecule has 23 atom stereocenters. The van der Waals surface area contributed by atoms with Gasteiger partial charge in [0.05, 0.1) is 65.1 Å². The minimum absolute atomic E-state index is 0.0360. The number of carboxylic acids is 1. The molecule has 24 N–H and O–H groups in total. The van der Waals surface area contributed by atoms with Crippen molar-refractivity contribution in [3.8, 4) is 68.4 Å². The highest BCUT2D eigenvalue weighted by Gasteiger charge is 2.53. The van der Waals surface area contributed by atoms with Crippen LogP contribution in [0.1, 0.15) is 111 Å². The number of nitrogens with one attached hydrogen (secondary N) is 8. The number of hydrogen-bond donors (Lipinski definition) is 22. The second-order valence-corrected chi connectivity index (χ2v) is 33.1. The van der Waals surface area contributed by atoms with Crippen LogP contribution in [-0.4, -0.2) is 248 Å². The van der Waals surface area contributed by atoms with Gasteiger partial charge in [0.25, 0.3) is 0 Å². The van der Waals surface area contributed by atoms with Gasteiger partial charge in [-0.2, -0.15) is 0 Å². The number of halogens is 3. The minimum atomic E-state index is -2.43. The molecule has 40 nitrogen and oxygen atoms in total. The van der Waals surface area contributed by atoms with Crippen LogP contribution >= 0.6 is 34.8 Å². The number of hydrogen-bond acceptors (Lipinski definition) is 32. The summed E-state index contributed by atoms with van der Waals surface area (Å²) in [6.45, 7) is 5.19. The van der Waals surface area contributed by atoms with Crippen molar-refractivity contribution in [1.29, 1.82) is 0 Å². The third kappa shape index (κ3) is 20.3. The van der Waals surface area contributed by atoms with E-state index in [0.29, 0.717) is 16.4 Å². The number of aromatic hydroxyl groups is 3. The zero-order valence-electron chi connectivity index (χ0n) is 67.6. The number of carboxylic acid groups (broad SMARTS) is 1. The molecule has 3 fully saturated rings. The summed E-state index contributed by atoms with van der Waals surface area (Å²) in [5, 5.41) is 160. The lowest BCUT2D eigenvalue weighted by molar-refractivity contribution is -0.350. The van der Waals surface area contributed by atoms with Crippen LogP contribution in [0, 0.1) is 5.92 Å². The van der Waals surface area contributed by atoms with Gasteiger partial charge >= 0.3 is 5.97 Å². The first-order chi connectivity index (χ1) is 59.8. The van der Waals surface area contributed by atoms with Crippen LogP contribution in [0.5, 0.6) is 46.0 Å². The molecule has 15 rings (SSSR count). The number of likely N-dealkylation sites (N-methyl/N-ethyl adjacent to an activating group) is 1. The van der Waals surface area contributed by atoms with Crippen molar-refractivity contribution in [3.63, 3.8) is 0 Å². The van der Waals surface area contributed by atoms with Crippen LogP contribution in [-0.2, 0) is 68.6 Å². The van der Waals surface area contributed by atoms with Crippen molar-refractivity contribution >= 4 is 82.1 Å². The molecule has 9 heterocycles. The van der Waals surface area contributed by atoms with E-state index in [-0.39, 0.29) is 43.0 Å². The fourth-order valence-electron chi connectivity index (χ4n) is 15.6. The Morgan fingerprint density at radius 2 is 1.29 bits per heavy atom. The standard InChI is InChI=1S/C83H93Cl3N12O28/c1-31(2)16-45(89-5)74(111)97-62-64(104)35-9-14-50(43(85)18-35)120-52-20-37-21-53(71(52)125-82-69(109)67(107)72(55(30-99)123-82)126-81-68(108)66(106)65(105)54(122-81)29-90-26-39-27-92-47(28-91-39)33-6-11-38(84)12-7-33)121-51-15-10-36(19-44(51)86)70(124-57-25-83(4,88)73(110)32(3)119-57)63-79(116)96-61(80(117)118)42-22-40(100)23-49(102)58(42)41-17-34(8-13-48(41)101)59(76(113)98-63)95-77(114)60(37)94-75(112)46(24-56(87)103)93-78(62)115/h6-15,17-23,27-28,31-32,45-46,54-55,57,59-70,72-73,81-82,89-90,99-102,104-110H,16,24-26,29-30,88H2,1-5H3,(H2,87,103)(H,93,115)(H,94,112)(H,95,114)(H,96,116)(H,97,111)(H,98,113)(H,117,118)/t32-,45+,46-,54+,55+,57-,59+,60+,61+,62?,63-,64+,65-,66-,67+,68+,69+,70+,72+,73-,81-,82-,83-/m0/s1. The number of phenols is 3. The average molecular weight is 1810 g/mol. The van der Waals surface area contributed by atoms with Crippen LogP contribution in [0.15, 0.2) is 116 Å². The summed E-state index contributed by atoms with van der Waals surface area (Å²) in [6.07, 6.45) is -26.4. The van der Waals surface area contributed by atoms with Crippen LogP contribution < -0.4 is 68.2 Å². The van der Waals surface area contributed by atoms with Crippen LogP contribution in [0.2, 0.25) is 15.1 Å². The van der Waals surface area contributed by atoms with Gasteiger partial charge in [-0.05, 0) is 122 Å². The summed E-state index contributed by atoms with van der Waals surface area (Å²) in [6, 6.07) is 5.81. The van der Waals surface area contributed by atoms with E-state index in [4.69, 9.17) is 84.2 Å². The first kappa shape index (κ1) is 92.8. The number of benzene rings is 6. The smallest absolute Gasteiger partial charge is 0.330 e. The van der Waals surface area contributed by atoms with E-state index in [2.05, 4.69) is 52.5 Å². The van der Waals surface area contributed by atoms with E-state index in [9.17, 15) is 75.7 Å². The van der Waals surface area contributed by atoms with Gasteiger partial charge in [0.15, 0.2) is 30.1 Å². The Labute approximate surface area is 732 Å². The van der Waals surface area contributed by atoms with Gasteiger partial charge in [-0.15, -0.1) is 0 Å². The lowest BCUT2D eigenvalue weighted by atomic mass is 9.86. The SMILES string of the molecule is CN[C@H](CC(C)C)C(=O)NC1C(=O)N[C@@H](CC(N)=O)C(=O)N[C@H]2C(=O)N[C@H]3C(=O)N[C@H](C(=O)N[C@@H](C(=O)O)c4cc(O)cc(O)c4-c4cc3ccc4O)[C@H](O[C@H]3C[C@](C)(N)[C@@H](O)[C@H](C)O3)c3ccc(c(Cl)c3)Oc3cc2cc(c3O[C@@H]2O[C@H](CO)[C@@H](O[C@@H]3O[C@H](CNCc4cnc(-c5ccc(Cl)cc5)cn4)[C@H](O)[C@H](O)[C@H]3O)[C@H](O)[C@H]2O)Oc2ccc(cc2Cl)[C@H]1O. The summed E-state index contributed by atoms with van der Waals surface area (Å²) in [5.74, 6) is -16.7. The second kappa shape index (κ2) is 38.8. The molecule has 7 amide bonds. The summed E-state index contributed by atoms with van der Waals surface area (Å²) in [4.78, 5) is 129. The van der Waals surface area contributed by atoms with Crippen LogP contribution in [0.3, 0.4) is 0 Å². The number of nitrogens with two attached hydrogens (primary N) is 2. The Morgan fingerprint density at radius 1 is 0.659 bits per heavy atom. The van der Waals surface area contributed by atoms with Gasteiger partial charge in [0.2, 0.25) is 53.4 Å². The zero-order chi connectivity index (χ0) is 90.9. The maximum absolute atomic E-state index is 16.4. The van der Waals surface area contributed by atoms with Crippen molar-refractivity contribution in [1.82, 2.24) is 52.5 Å². The second-order valence-electron chi connectivity index (χ2n) is 31.9. The first-order valence-electron chi connectivity index (χ1n) is 39.7. The predicted octanol–water partition coefficient (Wildman–Crippen LogP) is 0.838. The summed E-state index contributed by atoms with van der Waals surface area (Å²) in [5.41, 5.74) is 9.67. The Morgan fingerprint density at radius 3 is 1.92 bits per heavy atom. The van der Waals surface area contributed by atoms with Crippen molar-refractivity contribution in [3.05, 3.63) is 164 Å². The maximum atomic E-state index is 16.4. The molecule has 6 aromatic carbocycles. The molecule has 0 spiro atoms. The minimum Gasteiger partial charge on any atom is -0.508 e. The molecule has 0 radical (unpaired) electrons.